The molecule has 1 aliphatic rings. The van der Waals surface area contributed by atoms with Gasteiger partial charge in [0, 0.05) is 18.2 Å². The summed E-state index contributed by atoms with van der Waals surface area (Å²) in [5.74, 6) is 1.16. The lowest BCUT2D eigenvalue weighted by atomic mass is 9.92. The van der Waals surface area contributed by atoms with Crippen molar-refractivity contribution in [1.82, 2.24) is 5.32 Å². The molecule has 0 fully saturated rings. The summed E-state index contributed by atoms with van der Waals surface area (Å²) in [5.41, 5.74) is 9.54. The topological polar surface area (TPSA) is 64.3 Å². The van der Waals surface area contributed by atoms with E-state index in [-0.39, 0.29) is 17.9 Å². The first kappa shape index (κ1) is 17.5. The van der Waals surface area contributed by atoms with E-state index in [1.54, 1.807) is 0 Å². The van der Waals surface area contributed by atoms with E-state index in [0.717, 1.165) is 16.9 Å². The van der Waals surface area contributed by atoms with E-state index in [9.17, 15) is 4.79 Å². The van der Waals surface area contributed by atoms with Gasteiger partial charge in [0.25, 0.3) is 0 Å². The van der Waals surface area contributed by atoms with Crippen molar-refractivity contribution in [2.24, 2.45) is 5.73 Å². The van der Waals surface area contributed by atoms with Gasteiger partial charge in [-0.3, -0.25) is 4.79 Å². The van der Waals surface area contributed by atoms with Crippen LogP contribution in [0.15, 0.2) is 48.5 Å². The van der Waals surface area contributed by atoms with Crippen molar-refractivity contribution in [3.63, 3.8) is 0 Å². The third kappa shape index (κ3) is 4.02. The van der Waals surface area contributed by atoms with Gasteiger partial charge in [0.15, 0.2) is 0 Å². The Kier molecular flexibility index (Phi) is 5.39. The second kappa shape index (κ2) is 7.70. The van der Waals surface area contributed by atoms with Gasteiger partial charge < -0.3 is 15.8 Å². The van der Waals surface area contributed by atoms with Crippen molar-refractivity contribution < 1.29 is 9.53 Å². The Morgan fingerprint density at radius 3 is 2.56 bits per heavy atom. The van der Waals surface area contributed by atoms with Gasteiger partial charge in [-0.15, -0.1) is 0 Å². The van der Waals surface area contributed by atoms with E-state index in [2.05, 4.69) is 43.4 Å². The van der Waals surface area contributed by atoms with Gasteiger partial charge in [-0.25, -0.2) is 0 Å². The molecule has 132 valence electrons. The summed E-state index contributed by atoms with van der Waals surface area (Å²) in [7, 11) is 0. The van der Waals surface area contributed by atoms with Gasteiger partial charge in [-0.05, 0) is 29.5 Å². The Morgan fingerprint density at radius 2 is 1.84 bits per heavy atom. The molecule has 1 aliphatic heterocycles. The van der Waals surface area contributed by atoms with Gasteiger partial charge in [0.05, 0.1) is 12.5 Å². The standard InChI is InChI=1S/C21H26N2O2/c1-14(2)15-7-9-16(10-8-15)19(22)13-23-21(24)18-11-12-25-20-6-4-3-5-17(18)20/h3-10,14,18-19H,11-13,22H2,1-2H3,(H,23,24). The number of rotatable bonds is 5. The summed E-state index contributed by atoms with van der Waals surface area (Å²) in [4.78, 5) is 12.6. The first-order valence-corrected chi connectivity index (χ1v) is 8.91. The fourth-order valence-electron chi connectivity index (χ4n) is 3.19. The molecule has 3 N–H and O–H groups in total. The van der Waals surface area contributed by atoms with E-state index in [0.29, 0.717) is 25.5 Å². The van der Waals surface area contributed by atoms with Crippen LogP contribution >= 0.6 is 0 Å². The molecule has 2 atom stereocenters. The quantitative estimate of drug-likeness (QED) is 0.877. The molecule has 25 heavy (non-hydrogen) atoms. The molecule has 4 heteroatoms. The average molecular weight is 338 g/mol. The van der Waals surface area contributed by atoms with Crippen LogP contribution in [0.3, 0.4) is 0 Å². The first-order valence-electron chi connectivity index (χ1n) is 8.91. The molecule has 0 radical (unpaired) electrons. The van der Waals surface area contributed by atoms with Gasteiger partial charge in [0.2, 0.25) is 5.91 Å². The number of carbonyl (C=O) groups is 1. The minimum atomic E-state index is -0.208. The monoisotopic (exact) mass is 338 g/mol. The fraction of sp³-hybridized carbons (Fsp3) is 0.381. The van der Waals surface area contributed by atoms with E-state index >= 15 is 0 Å². The normalized spacial score (nSPS) is 17.5. The van der Waals surface area contributed by atoms with Crippen LogP contribution in [0.5, 0.6) is 5.75 Å². The number of benzene rings is 2. The SMILES string of the molecule is CC(C)c1ccc(C(N)CNC(=O)C2CCOc3ccccc32)cc1. The summed E-state index contributed by atoms with van der Waals surface area (Å²) in [6.45, 7) is 5.33. The van der Waals surface area contributed by atoms with Crippen LogP contribution in [0, 0.1) is 0 Å². The smallest absolute Gasteiger partial charge is 0.227 e. The molecule has 0 aromatic heterocycles. The molecule has 0 saturated carbocycles. The second-order valence-corrected chi connectivity index (χ2v) is 6.90. The number of hydrogen-bond acceptors (Lipinski definition) is 3. The van der Waals surface area contributed by atoms with Crippen LogP contribution in [-0.4, -0.2) is 19.1 Å². The van der Waals surface area contributed by atoms with Crippen molar-refractivity contribution in [3.05, 3.63) is 65.2 Å². The maximum atomic E-state index is 12.6. The van der Waals surface area contributed by atoms with Gasteiger partial charge in [-0.1, -0.05) is 56.3 Å². The highest BCUT2D eigenvalue weighted by atomic mass is 16.5. The molecule has 1 amide bonds. The van der Waals surface area contributed by atoms with Crippen molar-refractivity contribution in [2.75, 3.05) is 13.2 Å². The highest BCUT2D eigenvalue weighted by Crippen LogP contribution is 2.33. The number of hydrogen-bond donors (Lipinski definition) is 2. The minimum absolute atomic E-state index is 0.0185. The number of fused-ring (bicyclic) bond motifs is 1. The van der Waals surface area contributed by atoms with Crippen LogP contribution in [0.2, 0.25) is 0 Å². The van der Waals surface area contributed by atoms with Crippen LogP contribution in [0.25, 0.3) is 0 Å². The number of amides is 1. The summed E-state index contributed by atoms with van der Waals surface area (Å²) in [5, 5.41) is 3.01. The van der Waals surface area contributed by atoms with Crippen molar-refractivity contribution in [3.8, 4) is 5.75 Å². The number of nitrogens with two attached hydrogens (primary N) is 1. The third-order valence-electron chi connectivity index (χ3n) is 4.80. The van der Waals surface area contributed by atoms with E-state index < -0.39 is 0 Å². The van der Waals surface area contributed by atoms with E-state index in [1.807, 2.05) is 24.3 Å². The number of carbonyl (C=O) groups excluding carboxylic acids is 1. The average Bonchev–Trinajstić information content (AvgIpc) is 2.65. The Hall–Kier alpha value is -2.33. The Bertz CT molecular complexity index is 725. The van der Waals surface area contributed by atoms with Crippen molar-refractivity contribution in [1.29, 1.82) is 0 Å². The zero-order valence-corrected chi connectivity index (χ0v) is 14.9. The molecule has 0 saturated heterocycles. The number of ether oxygens (including phenoxy) is 1. The molecule has 4 nitrogen and oxygen atoms in total. The number of nitrogens with one attached hydrogen (secondary N) is 1. The Balaban J connectivity index is 1.61. The number of para-hydroxylation sites is 1. The van der Waals surface area contributed by atoms with Crippen LogP contribution in [0.4, 0.5) is 0 Å². The lowest BCUT2D eigenvalue weighted by Crippen LogP contribution is -2.36. The fourth-order valence-corrected chi connectivity index (χ4v) is 3.19. The van der Waals surface area contributed by atoms with Crippen LogP contribution in [-0.2, 0) is 4.79 Å². The Morgan fingerprint density at radius 1 is 1.16 bits per heavy atom. The van der Waals surface area contributed by atoms with Crippen molar-refractivity contribution in [2.45, 2.75) is 38.1 Å². The van der Waals surface area contributed by atoms with Gasteiger partial charge in [0.1, 0.15) is 5.75 Å². The molecule has 2 aromatic carbocycles. The molecular weight excluding hydrogens is 312 g/mol. The maximum absolute atomic E-state index is 12.6. The minimum Gasteiger partial charge on any atom is -0.493 e. The van der Waals surface area contributed by atoms with E-state index in [1.165, 1.54) is 5.56 Å². The molecule has 2 unspecified atom stereocenters. The lowest BCUT2D eigenvalue weighted by molar-refractivity contribution is -0.123. The maximum Gasteiger partial charge on any atom is 0.227 e. The first-order chi connectivity index (χ1) is 12.1. The molecule has 3 rings (SSSR count). The predicted octanol–water partition coefficient (Wildman–Crippen LogP) is 3.49. The Labute approximate surface area is 149 Å². The summed E-state index contributed by atoms with van der Waals surface area (Å²) in [6, 6.07) is 15.9. The zero-order chi connectivity index (χ0) is 17.8. The highest BCUT2D eigenvalue weighted by molar-refractivity contribution is 5.84. The lowest BCUT2D eigenvalue weighted by Gasteiger charge is -2.25. The summed E-state index contributed by atoms with van der Waals surface area (Å²) < 4.78 is 5.62. The van der Waals surface area contributed by atoms with Crippen molar-refractivity contribution >= 4 is 5.91 Å². The third-order valence-corrected chi connectivity index (χ3v) is 4.80. The van der Waals surface area contributed by atoms with Gasteiger partial charge in [-0.2, -0.15) is 0 Å². The molecule has 2 aromatic rings. The van der Waals surface area contributed by atoms with Crippen LogP contribution in [0.1, 0.15) is 54.8 Å². The zero-order valence-electron chi connectivity index (χ0n) is 14.9. The molecule has 0 spiro atoms. The van der Waals surface area contributed by atoms with E-state index in [4.69, 9.17) is 10.5 Å². The summed E-state index contributed by atoms with van der Waals surface area (Å²) in [6.07, 6.45) is 0.696. The predicted molar refractivity (Wildman–Crippen MR) is 99.8 cm³/mol. The summed E-state index contributed by atoms with van der Waals surface area (Å²) >= 11 is 0. The second-order valence-electron chi connectivity index (χ2n) is 6.90. The molecular formula is C21H26N2O2. The molecule has 0 aliphatic carbocycles. The highest BCUT2D eigenvalue weighted by Gasteiger charge is 2.27. The van der Waals surface area contributed by atoms with Crippen LogP contribution < -0.4 is 15.8 Å². The van der Waals surface area contributed by atoms with Gasteiger partial charge >= 0.3 is 0 Å². The largest absolute Gasteiger partial charge is 0.493 e. The molecule has 0 bridgehead atoms. The molecule has 1 heterocycles.